The summed E-state index contributed by atoms with van der Waals surface area (Å²) in [5.74, 6) is -0.560. The fourth-order valence-corrected chi connectivity index (χ4v) is 1.85. The van der Waals surface area contributed by atoms with Crippen molar-refractivity contribution < 1.29 is 14.6 Å². The molecule has 0 amide bonds. The molecule has 0 aromatic heterocycles. The third kappa shape index (κ3) is 3.13. The lowest BCUT2D eigenvalue weighted by molar-refractivity contribution is 0.0692. The molecule has 0 bridgehead atoms. The summed E-state index contributed by atoms with van der Waals surface area (Å²) in [5, 5.41) is 9.13. The van der Waals surface area contributed by atoms with Crippen LogP contribution in [0.2, 0.25) is 0 Å². The molecule has 0 aliphatic rings. The van der Waals surface area contributed by atoms with Gasteiger partial charge < -0.3 is 9.84 Å². The molecule has 0 aliphatic heterocycles. The molecule has 0 fully saturated rings. The van der Waals surface area contributed by atoms with Gasteiger partial charge in [-0.3, -0.25) is 0 Å². The highest BCUT2D eigenvalue weighted by molar-refractivity contribution is 5.90. The molecule has 3 heteroatoms. The molecule has 0 saturated heterocycles. The van der Waals surface area contributed by atoms with E-state index in [9.17, 15) is 4.79 Å². The zero-order chi connectivity index (χ0) is 13.8. The Labute approximate surface area is 112 Å². The van der Waals surface area contributed by atoms with Crippen molar-refractivity contribution in [1.29, 1.82) is 0 Å². The number of carboxylic acid groups (broad SMARTS) is 1. The highest BCUT2D eigenvalue weighted by Gasteiger charge is 2.11. The summed E-state index contributed by atoms with van der Waals surface area (Å²) in [7, 11) is 0. The van der Waals surface area contributed by atoms with Gasteiger partial charge in [-0.15, -0.1) is 0 Å². The van der Waals surface area contributed by atoms with Gasteiger partial charge in [0.15, 0.2) is 0 Å². The van der Waals surface area contributed by atoms with Crippen LogP contribution in [0.3, 0.4) is 0 Å². The maximum absolute atomic E-state index is 11.1. The molecule has 0 saturated carbocycles. The molecule has 0 unspecified atom stereocenters. The van der Waals surface area contributed by atoms with E-state index in [-0.39, 0.29) is 5.56 Å². The molecule has 2 aromatic rings. The molecule has 19 heavy (non-hydrogen) atoms. The number of aryl methyl sites for hydroxylation is 2. The minimum absolute atomic E-state index is 0.194. The fourth-order valence-electron chi connectivity index (χ4n) is 1.85. The SMILES string of the molecule is Cc1ccc(C(=O)O)c(OCc2ccccc2C)c1. The van der Waals surface area contributed by atoms with Crippen LogP contribution in [0.1, 0.15) is 27.0 Å². The van der Waals surface area contributed by atoms with Gasteiger partial charge in [0, 0.05) is 0 Å². The van der Waals surface area contributed by atoms with Crippen LogP contribution < -0.4 is 4.74 Å². The molecule has 0 spiro atoms. The van der Waals surface area contributed by atoms with Crippen LogP contribution in [0.4, 0.5) is 0 Å². The number of benzene rings is 2. The van der Waals surface area contributed by atoms with Crippen molar-refractivity contribution in [1.82, 2.24) is 0 Å². The first kappa shape index (κ1) is 13.1. The summed E-state index contributed by atoms with van der Waals surface area (Å²) in [6.45, 7) is 4.29. The number of carbonyl (C=O) groups is 1. The number of rotatable bonds is 4. The lowest BCUT2D eigenvalue weighted by Gasteiger charge is -2.11. The van der Waals surface area contributed by atoms with E-state index < -0.39 is 5.97 Å². The Morgan fingerprint density at radius 1 is 1.16 bits per heavy atom. The van der Waals surface area contributed by atoms with E-state index in [1.165, 1.54) is 0 Å². The van der Waals surface area contributed by atoms with Gasteiger partial charge in [-0.25, -0.2) is 4.79 Å². The zero-order valence-electron chi connectivity index (χ0n) is 11.0. The predicted octanol–water partition coefficient (Wildman–Crippen LogP) is 3.58. The summed E-state index contributed by atoms with van der Waals surface area (Å²) < 4.78 is 5.67. The quantitative estimate of drug-likeness (QED) is 0.909. The fraction of sp³-hybridized carbons (Fsp3) is 0.188. The molecule has 0 heterocycles. The Kier molecular flexibility index (Phi) is 3.85. The lowest BCUT2D eigenvalue weighted by Crippen LogP contribution is -2.04. The van der Waals surface area contributed by atoms with Gasteiger partial charge in [0.2, 0.25) is 0 Å². The third-order valence-corrected chi connectivity index (χ3v) is 3.01. The monoisotopic (exact) mass is 256 g/mol. The van der Waals surface area contributed by atoms with Crippen molar-refractivity contribution in [3.05, 3.63) is 64.7 Å². The number of carboxylic acids is 1. The summed E-state index contributed by atoms with van der Waals surface area (Å²) in [5.41, 5.74) is 3.36. The molecule has 3 nitrogen and oxygen atoms in total. The van der Waals surface area contributed by atoms with Gasteiger partial charge in [-0.05, 0) is 42.7 Å². The van der Waals surface area contributed by atoms with Crippen LogP contribution in [0.25, 0.3) is 0 Å². The molecule has 98 valence electrons. The van der Waals surface area contributed by atoms with E-state index in [0.29, 0.717) is 12.4 Å². The van der Waals surface area contributed by atoms with Crippen LogP contribution in [0.15, 0.2) is 42.5 Å². The van der Waals surface area contributed by atoms with Gasteiger partial charge in [-0.2, -0.15) is 0 Å². The Bertz CT molecular complexity index is 603. The standard InChI is InChI=1S/C16H16O3/c1-11-7-8-14(16(17)18)15(9-11)19-10-13-6-4-3-5-12(13)2/h3-9H,10H2,1-2H3,(H,17,18). The van der Waals surface area contributed by atoms with Crippen molar-refractivity contribution in [2.75, 3.05) is 0 Å². The molecular weight excluding hydrogens is 240 g/mol. The second-order valence-electron chi connectivity index (χ2n) is 4.52. The third-order valence-electron chi connectivity index (χ3n) is 3.01. The lowest BCUT2D eigenvalue weighted by atomic mass is 10.1. The van der Waals surface area contributed by atoms with Crippen LogP contribution in [-0.2, 0) is 6.61 Å². The van der Waals surface area contributed by atoms with Gasteiger partial charge in [0.25, 0.3) is 0 Å². The van der Waals surface area contributed by atoms with Gasteiger partial charge >= 0.3 is 5.97 Å². The smallest absolute Gasteiger partial charge is 0.339 e. The number of hydrogen-bond donors (Lipinski definition) is 1. The summed E-state index contributed by atoms with van der Waals surface area (Å²) >= 11 is 0. The summed E-state index contributed by atoms with van der Waals surface area (Å²) in [6, 6.07) is 13.0. The second-order valence-corrected chi connectivity index (χ2v) is 4.52. The second kappa shape index (κ2) is 5.57. The molecule has 2 rings (SSSR count). The predicted molar refractivity (Wildman–Crippen MR) is 73.6 cm³/mol. The number of ether oxygens (including phenoxy) is 1. The van der Waals surface area contributed by atoms with Crippen molar-refractivity contribution in [3.8, 4) is 5.75 Å². The summed E-state index contributed by atoms with van der Waals surface area (Å²) in [4.78, 5) is 11.1. The van der Waals surface area contributed by atoms with E-state index in [4.69, 9.17) is 9.84 Å². The zero-order valence-corrected chi connectivity index (χ0v) is 11.0. The first-order chi connectivity index (χ1) is 9.08. The normalized spacial score (nSPS) is 10.2. The maximum atomic E-state index is 11.1. The Morgan fingerprint density at radius 2 is 1.89 bits per heavy atom. The number of aromatic carboxylic acids is 1. The van der Waals surface area contributed by atoms with Crippen molar-refractivity contribution in [3.63, 3.8) is 0 Å². The van der Waals surface area contributed by atoms with E-state index in [2.05, 4.69) is 0 Å². The molecule has 2 aromatic carbocycles. The largest absolute Gasteiger partial charge is 0.488 e. The highest BCUT2D eigenvalue weighted by atomic mass is 16.5. The van der Waals surface area contributed by atoms with Gasteiger partial charge in [0.1, 0.15) is 17.9 Å². The van der Waals surface area contributed by atoms with E-state index in [1.54, 1.807) is 18.2 Å². The van der Waals surface area contributed by atoms with Crippen molar-refractivity contribution in [2.45, 2.75) is 20.5 Å². The van der Waals surface area contributed by atoms with Crippen molar-refractivity contribution in [2.24, 2.45) is 0 Å². The minimum atomic E-state index is -0.972. The van der Waals surface area contributed by atoms with Crippen LogP contribution in [0.5, 0.6) is 5.75 Å². The average molecular weight is 256 g/mol. The van der Waals surface area contributed by atoms with E-state index in [0.717, 1.165) is 16.7 Å². The molecule has 0 aliphatic carbocycles. The molecular formula is C16H16O3. The highest BCUT2D eigenvalue weighted by Crippen LogP contribution is 2.22. The van der Waals surface area contributed by atoms with Crippen LogP contribution in [-0.4, -0.2) is 11.1 Å². The topological polar surface area (TPSA) is 46.5 Å². The Balaban J connectivity index is 2.22. The van der Waals surface area contributed by atoms with Crippen LogP contribution in [0, 0.1) is 13.8 Å². The summed E-state index contributed by atoms with van der Waals surface area (Å²) in [6.07, 6.45) is 0. The first-order valence-electron chi connectivity index (χ1n) is 6.09. The molecule has 1 N–H and O–H groups in total. The maximum Gasteiger partial charge on any atom is 0.339 e. The van der Waals surface area contributed by atoms with Gasteiger partial charge in [0.05, 0.1) is 0 Å². The Hall–Kier alpha value is -2.29. The first-order valence-corrected chi connectivity index (χ1v) is 6.09. The van der Waals surface area contributed by atoms with Gasteiger partial charge in [-0.1, -0.05) is 30.3 Å². The minimum Gasteiger partial charge on any atom is -0.488 e. The van der Waals surface area contributed by atoms with Crippen LogP contribution >= 0.6 is 0 Å². The molecule has 0 atom stereocenters. The Morgan fingerprint density at radius 3 is 2.58 bits per heavy atom. The molecule has 0 radical (unpaired) electrons. The van der Waals surface area contributed by atoms with Crippen molar-refractivity contribution >= 4 is 5.97 Å². The van der Waals surface area contributed by atoms with E-state index in [1.807, 2.05) is 38.1 Å². The number of hydrogen-bond acceptors (Lipinski definition) is 2. The van der Waals surface area contributed by atoms with E-state index >= 15 is 0 Å². The average Bonchev–Trinajstić information content (AvgIpc) is 2.37.